The molecule has 2 N–H and O–H groups in total. The SMILES string of the molecule is Cc1ccc(NC(=O)CN(CCO)C2CC2)cc1. The maximum absolute atomic E-state index is 11.9. The second-order valence-corrected chi connectivity index (χ2v) is 4.84. The maximum atomic E-state index is 11.9. The highest BCUT2D eigenvalue weighted by atomic mass is 16.3. The Bertz CT molecular complexity index is 399. The average Bonchev–Trinajstić information content (AvgIpc) is 3.16. The van der Waals surface area contributed by atoms with Crippen LogP contribution in [-0.4, -0.2) is 41.7 Å². The lowest BCUT2D eigenvalue weighted by atomic mass is 10.2. The van der Waals surface area contributed by atoms with Crippen LogP contribution in [0.3, 0.4) is 0 Å². The van der Waals surface area contributed by atoms with Crippen LogP contribution in [0.1, 0.15) is 18.4 Å². The van der Waals surface area contributed by atoms with Crippen molar-refractivity contribution in [3.8, 4) is 0 Å². The lowest BCUT2D eigenvalue weighted by molar-refractivity contribution is -0.117. The van der Waals surface area contributed by atoms with Crippen molar-refractivity contribution in [2.45, 2.75) is 25.8 Å². The second-order valence-electron chi connectivity index (χ2n) is 4.84. The molecule has 98 valence electrons. The Morgan fingerprint density at radius 1 is 1.39 bits per heavy atom. The molecular weight excluding hydrogens is 228 g/mol. The molecule has 4 heteroatoms. The van der Waals surface area contributed by atoms with E-state index in [1.54, 1.807) is 0 Å². The van der Waals surface area contributed by atoms with Gasteiger partial charge in [-0.1, -0.05) is 17.7 Å². The number of aryl methyl sites for hydroxylation is 1. The molecule has 4 nitrogen and oxygen atoms in total. The first-order valence-electron chi connectivity index (χ1n) is 6.40. The van der Waals surface area contributed by atoms with Crippen LogP contribution in [0, 0.1) is 6.92 Å². The molecule has 1 aromatic rings. The minimum atomic E-state index is -0.0146. The lowest BCUT2D eigenvalue weighted by Crippen LogP contribution is -2.36. The summed E-state index contributed by atoms with van der Waals surface area (Å²) < 4.78 is 0. The highest BCUT2D eigenvalue weighted by molar-refractivity contribution is 5.92. The van der Waals surface area contributed by atoms with Gasteiger partial charge < -0.3 is 10.4 Å². The number of nitrogens with zero attached hydrogens (tertiary/aromatic N) is 1. The van der Waals surface area contributed by atoms with Gasteiger partial charge in [0, 0.05) is 18.3 Å². The van der Waals surface area contributed by atoms with Gasteiger partial charge in [-0.25, -0.2) is 0 Å². The molecule has 0 atom stereocenters. The second kappa shape index (κ2) is 5.98. The van der Waals surface area contributed by atoms with Crippen molar-refractivity contribution in [3.05, 3.63) is 29.8 Å². The third kappa shape index (κ3) is 3.82. The maximum Gasteiger partial charge on any atom is 0.238 e. The molecule has 1 aliphatic rings. The number of hydrogen-bond donors (Lipinski definition) is 2. The fourth-order valence-corrected chi connectivity index (χ4v) is 1.98. The van der Waals surface area contributed by atoms with Crippen LogP contribution in [0.25, 0.3) is 0 Å². The van der Waals surface area contributed by atoms with Crippen LogP contribution in [-0.2, 0) is 4.79 Å². The molecule has 1 saturated carbocycles. The average molecular weight is 248 g/mol. The molecule has 18 heavy (non-hydrogen) atoms. The van der Waals surface area contributed by atoms with Crippen molar-refractivity contribution in [2.24, 2.45) is 0 Å². The zero-order chi connectivity index (χ0) is 13.0. The van der Waals surface area contributed by atoms with Gasteiger partial charge in [0.15, 0.2) is 0 Å². The Kier molecular flexibility index (Phi) is 4.33. The number of carbonyl (C=O) groups is 1. The van der Waals surface area contributed by atoms with E-state index in [0.29, 0.717) is 19.1 Å². The van der Waals surface area contributed by atoms with Crippen molar-refractivity contribution >= 4 is 11.6 Å². The summed E-state index contributed by atoms with van der Waals surface area (Å²) in [6.07, 6.45) is 2.27. The van der Waals surface area contributed by atoms with Crippen LogP contribution in [0.4, 0.5) is 5.69 Å². The quantitative estimate of drug-likeness (QED) is 0.800. The lowest BCUT2D eigenvalue weighted by Gasteiger charge is -2.20. The molecule has 0 saturated heterocycles. The number of benzene rings is 1. The molecule has 0 aliphatic heterocycles. The molecule has 0 spiro atoms. The van der Waals surface area contributed by atoms with E-state index < -0.39 is 0 Å². The number of aliphatic hydroxyl groups is 1. The Labute approximate surface area is 108 Å². The Morgan fingerprint density at radius 2 is 2.06 bits per heavy atom. The van der Waals surface area contributed by atoms with Gasteiger partial charge in [-0.15, -0.1) is 0 Å². The molecule has 1 aromatic carbocycles. The number of anilines is 1. The summed E-state index contributed by atoms with van der Waals surface area (Å²) in [5.74, 6) is -0.0146. The molecule has 1 amide bonds. The van der Waals surface area contributed by atoms with Crippen LogP contribution in [0.5, 0.6) is 0 Å². The normalized spacial score (nSPS) is 14.8. The van der Waals surface area contributed by atoms with E-state index in [-0.39, 0.29) is 12.5 Å². The van der Waals surface area contributed by atoms with Crippen LogP contribution in [0.15, 0.2) is 24.3 Å². The topological polar surface area (TPSA) is 52.6 Å². The van der Waals surface area contributed by atoms with Gasteiger partial charge >= 0.3 is 0 Å². The summed E-state index contributed by atoms with van der Waals surface area (Å²) in [6, 6.07) is 8.24. The highest BCUT2D eigenvalue weighted by Crippen LogP contribution is 2.26. The molecule has 0 unspecified atom stereocenters. The number of carbonyl (C=O) groups excluding carboxylic acids is 1. The van der Waals surface area contributed by atoms with Crippen LogP contribution >= 0.6 is 0 Å². The molecule has 0 aromatic heterocycles. The van der Waals surface area contributed by atoms with E-state index in [4.69, 9.17) is 5.11 Å². The van der Waals surface area contributed by atoms with Crippen LogP contribution < -0.4 is 5.32 Å². The van der Waals surface area contributed by atoms with E-state index in [1.165, 1.54) is 5.56 Å². The van der Waals surface area contributed by atoms with Gasteiger partial charge in [-0.2, -0.15) is 0 Å². The van der Waals surface area contributed by atoms with Gasteiger partial charge in [-0.3, -0.25) is 9.69 Å². The van der Waals surface area contributed by atoms with Gasteiger partial charge in [0.25, 0.3) is 0 Å². The first-order chi connectivity index (χ1) is 8.69. The van der Waals surface area contributed by atoms with Crippen molar-refractivity contribution in [1.29, 1.82) is 0 Å². The highest BCUT2D eigenvalue weighted by Gasteiger charge is 2.29. The monoisotopic (exact) mass is 248 g/mol. The van der Waals surface area contributed by atoms with Gasteiger partial charge in [0.1, 0.15) is 0 Å². The Balaban J connectivity index is 1.85. The van der Waals surface area contributed by atoms with Gasteiger partial charge in [0.2, 0.25) is 5.91 Å². The van der Waals surface area contributed by atoms with Crippen molar-refractivity contribution < 1.29 is 9.90 Å². The van der Waals surface area contributed by atoms with E-state index in [1.807, 2.05) is 36.1 Å². The summed E-state index contributed by atoms with van der Waals surface area (Å²) in [5.41, 5.74) is 2.00. The number of rotatable bonds is 6. The zero-order valence-electron chi connectivity index (χ0n) is 10.7. The Hall–Kier alpha value is -1.39. The molecule has 0 bridgehead atoms. The van der Waals surface area contributed by atoms with Crippen molar-refractivity contribution in [2.75, 3.05) is 25.0 Å². The summed E-state index contributed by atoms with van der Waals surface area (Å²) >= 11 is 0. The number of nitrogens with one attached hydrogen (secondary N) is 1. The molecule has 1 aliphatic carbocycles. The van der Waals surface area contributed by atoms with Crippen molar-refractivity contribution in [3.63, 3.8) is 0 Å². The van der Waals surface area contributed by atoms with E-state index in [9.17, 15) is 4.79 Å². The third-order valence-corrected chi connectivity index (χ3v) is 3.13. The summed E-state index contributed by atoms with van der Waals surface area (Å²) in [4.78, 5) is 13.9. The first kappa shape index (κ1) is 13.1. The standard InChI is InChI=1S/C14H20N2O2/c1-11-2-4-12(5-3-11)15-14(18)10-16(8-9-17)13-6-7-13/h2-5,13,17H,6-10H2,1H3,(H,15,18). The summed E-state index contributed by atoms with van der Waals surface area (Å²) in [6.45, 7) is 3.06. The molecule has 0 radical (unpaired) electrons. The number of hydrogen-bond acceptors (Lipinski definition) is 3. The number of aliphatic hydroxyl groups excluding tert-OH is 1. The van der Waals surface area contributed by atoms with E-state index in [2.05, 4.69) is 5.32 Å². The fraction of sp³-hybridized carbons (Fsp3) is 0.500. The predicted octanol–water partition coefficient (Wildman–Crippen LogP) is 1.39. The Morgan fingerprint density at radius 3 is 2.61 bits per heavy atom. The molecule has 0 heterocycles. The predicted molar refractivity (Wildman–Crippen MR) is 71.5 cm³/mol. The van der Waals surface area contributed by atoms with Crippen molar-refractivity contribution in [1.82, 2.24) is 4.90 Å². The number of amides is 1. The fourth-order valence-electron chi connectivity index (χ4n) is 1.98. The summed E-state index contributed by atoms with van der Waals surface area (Å²) in [5, 5.41) is 11.9. The van der Waals surface area contributed by atoms with Gasteiger partial charge in [0.05, 0.1) is 13.2 Å². The molecule has 2 rings (SSSR count). The van der Waals surface area contributed by atoms with E-state index >= 15 is 0 Å². The minimum absolute atomic E-state index is 0.0146. The summed E-state index contributed by atoms with van der Waals surface area (Å²) in [7, 11) is 0. The van der Waals surface area contributed by atoms with E-state index in [0.717, 1.165) is 18.5 Å². The van der Waals surface area contributed by atoms with Crippen LogP contribution in [0.2, 0.25) is 0 Å². The molecular formula is C14H20N2O2. The largest absolute Gasteiger partial charge is 0.395 e. The zero-order valence-corrected chi connectivity index (χ0v) is 10.7. The first-order valence-corrected chi connectivity index (χ1v) is 6.40. The molecule has 1 fully saturated rings. The minimum Gasteiger partial charge on any atom is -0.395 e. The third-order valence-electron chi connectivity index (χ3n) is 3.13. The smallest absolute Gasteiger partial charge is 0.238 e. The van der Waals surface area contributed by atoms with Gasteiger partial charge in [-0.05, 0) is 31.9 Å².